The van der Waals surface area contributed by atoms with Crippen molar-refractivity contribution in [3.63, 3.8) is 0 Å². The first kappa shape index (κ1) is 36.1. The van der Waals surface area contributed by atoms with E-state index in [-0.39, 0.29) is 50.4 Å². The van der Waals surface area contributed by atoms with Crippen LogP contribution in [0.15, 0.2) is 125 Å². The summed E-state index contributed by atoms with van der Waals surface area (Å²) < 4.78 is 5.67. The molecule has 0 aromatic heterocycles. The van der Waals surface area contributed by atoms with Crippen molar-refractivity contribution in [1.29, 1.82) is 5.26 Å². The summed E-state index contributed by atoms with van der Waals surface area (Å²) in [6, 6.07) is 33.8. The van der Waals surface area contributed by atoms with Crippen LogP contribution in [-0.4, -0.2) is 46.3 Å². The maximum Gasteiger partial charge on any atom is 0.304 e. The largest absolute Gasteiger partial charge is 0.425 e. The molecule has 256 valence electrons. The van der Waals surface area contributed by atoms with Crippen molar-refractivity contribution in [3.05, 3.63) is 148 Å². The molecule has 50 heavy (non-hydrogen) atoms. The average Bonchev–Trinajstić information content (AvgIpc) is 3.11. The lowest BCUT2D eigenvalue weighted by Gasteiger charge is -2.33. The molecule has 2 amide bonds. The van der Waals surface area contributed by atoms with Gasteiger partial charge in [0.25, 0.3) is 5.96 Å². The molecular formula is C36H37N9O5. The minimum absolute atomic E-state index is 0.0389. The Morgan fingerprint density at radius 1 is 0.860 bits per heavy atom. The van der Waals surface area contributed by atoms with Gasteiger partial charge in [-0.2, -0.15) is 5.26 Å². The summed E-state index contributed by atoms with van der Waals surface area (Å²) in [6.07, 6.45) is 2.22. The molecule has 0 radical (unpaired) electrons. The Kier molecular flexibility index (Phi) is 13.4. The van der Waals surface area contributed by atoms with Crippen molar-refractivity contribution < 1.29 is 19.4 Å². The van der Waals surface area contributed by atoms with Crippen molar-refractivity contribution in [2.24, 2.45) is 21.5 Å². The smallest absolute Gasteiger partial charge is 0.304 e. The molecule has 0 saturated heterocycles. The number of para-hydroxylation sites is 1. The number of rotatable bonds is 15. The molecule has 0 spiro atoms. The molecule has 0 aliphatic heterocycles. The van der Waals surface area contributed by atoms with Crippen LogP contribution in [-0.2, 0) is 22.7 Å². The number of ether oxygens (including phenoxy) is 1. The van der Waals surface area contributed by atoms with Crippen LogP contribution in [0.3, 0.4) is 0 Å². The van der Waals surface area contributed by atoms with Crippen LogP contribution in [0.4, 0.5) is 0 Å². The number of nitro groups is 1. The number of carbonyl (C=O) groups is 2. The van der Waals surface area contributed by atoms with E-state index in [1.54, 1.807) is 29.7 Å². The topological polar surface area (TPSA) is 214 Å². The van der Waals surface area contributed by atoms with Gasteiger partial charge in [-0.15, -0.1) is 0 Å². The van der Waals surface area contributed by atoms with Gasteiger partial charge in [0.05, 0.1) is 12.5 Å². The predicted octanol–water partition coefficient (Wildman–Crippen LogP) is 3.58. The van der Waals surface area contributed by atoms with Crippen LogP contribution in [0.5, 0.6) is 5.75 Å². The zero-order valence-electron chi connectivity index (χ0n) is 27.1. The van der Waals surface area contributed by atoms with Crippen LogP contribution in [0.1, 0.15) is 41.0 Å². The fourth-order valence-corrected chi connectivity index (χ4v) is 5.20. The zero-order chi connectivity index (χ0) is 35.7. The van der Waals surface area contributed by atoms with Crippen LogP contribution in [0, 0.1) is 21.6 Å². The number of benzene rings is 4. The number of guanidine groups is 1. The first-order valence-corrected chi connectivity index (χ1v) is 15.7. The lowest BCUT2D eigenvalue weighted by atomic mass is 9.89. The summed E-state index contributed by atoms with van der Waals surface area (Å²) in [6.45, 7) is 0.312. The van der Waals surface area contributed by atoms with Crippen molar-refractivity contribution in [2.75, 3.05) is 6.54 Å². The first-order valence-electron chi connectivity index (χ1n) is 15.7. The van der Waals surface area contributed by atoms with Gasteiger partial charge in [-0.1, -0.05) is 109 Å². The van der Waals surface area contributed by atoms with Gasteiger partial charge in [0, 0.05) is 13.1 Å². The van der Waals surface area contributed by atoms with Crippen LogP contribution in [0.2, 0.25) is 0 Å². The molecule has 0 heterocycles. The van der Waals surface area contributed by atoms with Crippen molar-refractivity contribution in [1.82, 2.24) is 15.6 Å². The lowest BCUT2D eigenvalue weighted by molar-refractivity contribution is -0.525. The zero-order valence-corrected chi connectivity index (χ0v) is 27.1. The Balaban J connectivity index is 1.61. The third kappa shape index (κ3) is 10.9. The number of nitrogens with zero attached hydrogens (tertiary/aromatic N) is 5. The Morgan fingerprint density at radius 2 is 1.42 bits per heavy atom. The number of nitrogens with two attached hydrogens (primary N) is 2. The van der Waals surface area contributed by atoms with Crippen LogP contribution < -0.4 is 26.9 Å². The van der Waals surface area contributed by atoms with Crippen molar-refractivity contribution >= 4 is 23.8 Å². The van der Waals surface area contributed by atoms with E-state index in [0.29, 0.717) is 5.75 Å². The molecular weight excluding hydrogens is 638 g/mol. The minimum Gasteiger partial charge on any atom is -0.425 e. The van der Waals surface area contributed by atoms with E-state index in [1.165, 1.54) is 4.90 Å². The Bertz CT molecular complexity index is 1770. The molecule has 4 aromatic rings. The molecule has 14 nitrogen and oxygen atoms in total. The van der Waals surface area contributed by atoms with E-state index in [0.717, 1.165) is 22.3 Å². The summed E-state index contributed by atoms with van der Waals surface area (Å²) >= 11 is 0. The second-order valence-electron chi connectivity index (χ2n) is 11.0. The number of primary amides is 1. The normalized spacial score (nSPS) is 12.0. The van der Waals surface area contributed by atoms with E-state index in [2.05, 4.69) is 15.3 Å². The van der Waals surface area contributed by atoms with E-state index < -0.39 is 22.9 Å². The summed E-state index contributed by atoms with van der Waals surface area (Å²) in [5.41, 5.74) is 16.3. The number of amidine groups is 1. The molecule has 6 N–H and O–H groups in total. The molecule has 4 aromatic carbocycles. The highest BCUT2D eigenvalue weighted by Crippen LogP contribution is 2.29. The van der Waals surface area contributed by atoms with Gasteiger partial charge in [-0.3, -0.25) is 9.59 Å². The van der Waals surface area contributed by atoms with E-state index >= 15 is 0 Å². The quantitative estimate of drug-likeness (QED) is 0.0275. The summed E-state index contributed by atoms with van der Waals surface area (Å²) in [4.78, 5) is 48.1. The summed E-state index contributed by atoms with van der Waals surface area (Å²) in [5, 5.41) is 21.4. The number of amides is 2. The van der Waals surface area contributed by atoms with Crippen molar-refractivity contribution in [2.45, 2.75) is 37.9 Å². The maximum absolute atomic E-state index is 14.6. The third-order valence-electron chi connectivity index (χ3n) is 7.53. The molecule has 1 atom stereocenters. The van der Waals surface area contributed by atoms with E-state index in [9.17, 15) is 19.7 Å². The van der Waals surface area contributed by atoms with Gasteiger partial charge in [0.1, 0.15) is 11.8 Å². The monoisotopic (exact) mass is 675 g/mol. The lowest BCUT2D eigenvalue weighted by Crippen LogP contribution is -2.49. The van der Waals surface area contributed by atoms with E-state index in [1.807, 2.05) is 97.2 Å². The van der Waals surface area contributed by atoms with Gasteiger partial charge in [0.15, 0.2) is 11.2 Å². The molecule has 0 fully saturated rings. The number of hydrogen-bond donors (Lipinski definition) is 4. The third-order valence-corrected chi connectivity index (χ3v) is 7.53. The maximum atomic E-state index is 14.6. The van der Waals surface area contributed by atoms with Crippen LogP contribution in [0.25, 0.3) is 0 Å². The van der Waals surface area contributed by atoms with Gasteiger partial charge in [-0.25, -0.2) is 25.4 Å². The number of hydrazine groups is 1. The van der Waals surface area contributed by atoms with Crippen molar-refractivity contribution in [3.8, 4) is 11.9 Å². The van der Waals surface area contributed by atoms with Gasteiger partial charge >= 0.3 is 6.02 Å². The molecule has 14 heteroatoms. The van der Waals surface area contributed by atoms with Gasteiger partial charge in [0.2, 0.25) is 11.8 Å². The highest BCUT2D eigenvalue weighted by Gasteiger charge is 2.34. The highest BCUT2D eigenvalue weighted by atomic mass is 16.7. The molecule has 0 bridgehead atoms. The number of carbonyl (C=O) groups excluding carboxylic acids is 2. The first-order chi connectivity index (χ1) is 24.2. The van der Waals surface area contributed by atoms with E-state index in [4.69, 9.17) is 21.5 Å². The van der Waals surface area contributed by atoms with Crippen LogP contribution >= 0.6 is 0 Å². The summed E-state index contributed by atoms with van der Waals surface area (Å²) in [5.74, 6) is -1.63. The van der Waals surface area contributed by atoms with Gasteiger partial charge in [-0.05, 0) is 47.2 Å². The Morgan fingerprint density at radius 3 is 1.96 bits per heavy atom. The molecule has 0 unspecified atom stereocenters. The SMILES string of the molecule is N#CNC(=NCc1ccc(CN(C(=O)C(c2ccccc2)c2ccccc2)[C@H](CCCN=C(N)N[N+](=O)[O-])C(N)=O)cc1)Oc1ccccc1. The molecule has 0 aliphatic rings. The number of aliphatic imine (C=N–C) groups is 2. The highest BCUT2D eigenvalue weighted by molar-refractivity contribution is 5.92. The Hall–Kier alpha value is -6.75. The molecule has 0 saturated carbocycles. The minimum atomic E-state index is -1.03. The predicted molar refractivity (Wildman–Crippen MR) is 188 cm³/mol. The number of hydrogen-bond acceptors (Lipinski definition) is 8. The fourth-order valence-electron chi connectivity index (χ4n) is 5.20. The Labute approximate surface area is 289 Å². The summed E-state index contributed by atoms with van der Waals surface area (Å²) in [7, 11) is 0. The fraction of sp³-hybridized carbons (Fsp3) is 0.194. The second-order valence-corrected chi connectivity index (χ2v) is 11.0. The number of nitriles is 1. The standard InChI is InChI=1S/C36H37N9O5/c37-25-42-36(50-30-15-8-3-9-16-30)41-23-26-18-20-27(21-19-26)24-44(31(33(38)46)17-10-22-40-35(39)43-45(48)49)34(47)32(28-11-4-1-5-12-28)29-13-6-2-7-14-29/h1-9,11-16,18-21,31-32H,10,17,22-24H2,(H2,38,46)(H,41,42)(H3,39,40,43)/t31-/m1/s1. The molecule has 0 aliphatic carbocycles. The second kappa shape index (κ2) is 18.6. The average molecular weight is 676 g/mol. The van der Waals surface area contributed by atoms with Gasteiger partial charge < -0.3 is 21.1 Å². The number of nitrogens with one attached hydrogen (secondary N) is 2. The molecule has 4 rings (SSSR count).